The third kappa shape index (κ3) is 4.43. The molecule has 1 aromatic rings. The van der Waals surface area contributed by atoms with Crippen molar-refractivity contribution in [1.82, 2.24) is 20.4 Å². The normalized spacial score (nSPS) is 22.5. The first-order chi connectivity index (χ1) is 14.9. The van der Waals surface area contributed by atoms with Gasteiger partial charge in [-0.05, 0) is 31.7 Å². The molecule has 1 atom stereocenters. The van der Waals surface area contributed by atoms with Crippen molar-refractivity contribution in [2.75, 3.05) is 19.6 Å². The second kappa shape index (κ2) is 8.69. The van der Waals surface area contributed by atoms with E-state index in [4.69, 9.17) is 0 Å². The quantitative estimate of drug-likeness (QED) is 0.512. The highest BCUT2D eigenvalue weighted by Gasteiger charge is 2.52. The van der Waals surface area contributed by atoms with Gasteiger partial charge < -0.3 is 15.5 Å². The number of hydrogen-bond donors (Lipinski definition) is 2. The van der Waals surface area contributed by atoms with Crippen molar-refractivity contribution < 1.29 is 19.2 Å². The van der Waals surface area contributed by atoms with Gasteiger partial charge in [0.25, 0.3) is 5.91 Å². The van der Waals surface area contributed by atoms with Crippen LogP contribution in [0.3, 0.4) is 0 Å². The maximum Gasteiger partial charge on any atom is 0.325 e. The lowest BCUT2D eigenvalue weighted by Gasteiger charge is -2.20. The number of carbonyl (C=O) groups is 4. The molecule has 8 nitrogen and oxygen atoms in total. The molecule has 0 unspecified atom stereocenters. The van der Waals surface area contributed by atoms with E-state index in [9.17, 15) is 19.2 Å². The Morgan fingerprint density at radius 3 is 2.58 bits per heavy atom. The summed E-state index contributed by atoms with van der Waals surface area (Å²) in [4.78, 5) is 52.7. The monoisotopic (exact) mass is 426 g/mol. The molecule has 2 saturated heterocycles. The Bertz CT molecular complexity index is 876. The van der Waals surface area contributed by atoms with Gasteiger partial charge >= 0.3 is 6.03 Å². The zero-order chi connectivity index (χ0) is 22.0. The fourth-order valence-corrected chi connectivity index (χ4v) is 4.80. The molecule has 2 aliphatic heterocycles. The molecule has 4 rings (SSSR count). The summed E-state index contributed by atoms with van der Waals surface area (Å²) in [5, 5.41) is 5.73. The van der Waals surface area contributed by atoms with E-state index in [1.165, 1.54) is 10.5 Å². The molecule has 1 aliphatic carbocycles. The van der Waals surface area contributed by atoms with Crippen molar-refractivity contribution in [2.24, 2.45) is 5.92 Å². The predicted octanol–water partition coefficient (Wildman–Crippen LogP) is 1.71. The first kappa shape index (κ1) is 21.3. The molecule has 0 radical (unpaired) electrons. The Morgan fingerprint density at radius 2 is 1.87 bits per heavy atom. The van der Waals surface area contributed by atoms with Crippen LogP contribution >= 0.6 is 0 Å². The highest BCUT2D eigenvalue weighted by atomic mass is 16.2. The van der Waals surface area contributed by atoms with E-state index in [0.717, 1.165) is 18.4 Å². The Labute approximate surface area is 182 Å². The summed E-state index contributed by atoms with van der Waals surface area (Å²) < 4.78 is 0. The SMILES string of the molecule is Cc1ccc(CN2C[C@H](C(=O)NCCCN3C(=O)NC4(CCCC4)C3=O)CC2=O)cc1. The van der Waals surface area contributed by atoms with Crippen molar-refractivity contribution in [1.29, 1.82) is 0 Å². The summed E-state index contributed by atoms with van der Waals surface area (Å²) in [5.41, 5.74) is 1.53. The van der Waals surface area contributed by atoms with Gasteiger partial charge in [-0.2, -0.15) is 0 Å². The molecule has 1 saturated carbocycles. The van der Waals surface area contributed by atoms with Crippen molar-refractivity contribution in [2.45, 2.75) is 57.5 Å². The van der Waals surface area contributed by atoms with Gasteiger partial charge in [-0.25, -0.2) is 4.79 Å². The highest BCUT2D eigenvalue weighted by molar-refractivity contribution is 6.07. The smallest absolute Gasteiger partial charge is 0.325 e. The molecule has 1 aromatic carbocycles. The second-order valence-electron chi connectivity index (χ2n) is 8.98. The number of likely N-dealkylation sites (tertiary alicyclic amines) is 1. The Hall–Kier alpha value is -2.90. The van der Waals surface area contributed by atoms with Crippen LogP contribution in [0.4, 0.5) is 4.79 Å². The minimum absolute atomic E-state index is 0.0121. The fraction of sp³-hybridized carbons (Fsp3) is 0.565. The average Bonchev–Trinajstić information content (AvgIpc) is 3.42. The molecule has 31 heavy (non-hydrogen) atoms. The van der Waals surface area contributed by atoms with Crippen molar-refractivity contribution in [3.05, 3.63) is 35.4 Å². The van der Waals surface area contributed by atoms with Crippen LogP contribution in [0, 0.1) is 12.8 Å². The van der Waals surface area contributed by atoms with Crippen LogP contribution in [0.15, 0.2) is 24.3 Å². The summed E-state index contributed by atoms with van der Waals surface area (Å²) in [6.07, 6.45) is 4.04. The maximum atomic E-state index is 12.6. The van der Waals surface area contributed by atoms with Gasteiger partial charge in [-0.3, -0.25) is 19.3 Å². The Morgan fingerprint density at radius 1 is 1.16 bits per heavy atom. The van der Waals surface area contributed by atoms with E-state index in [-0.39, 0.29) is 42.6 Å². The van der Waals surface area contributed by atoms with Gasteiger partial charge in [-0.15, -0.1) is 0 Å². The van der Waals surface area contributed by atoms with Crippen molar-refractivity contribution in [3.63, 3.8) is 0 Å². The third-order valence-corrected chi connectivity index (χ3v) is 6.64. The van der Waals surface area contributed by atoms with E-state index < -0.39 is 5.54 Å². The first-order valence-corrected chi connectivity index (χ1v) is 11.1. The second-order valence-corrected chi connectivity index (χ2v) is 8.98. The topological polar surface area (TPSA) is 98.8 Å². The molecule has 166 valence electrons. The van der Waals surface area contributed by atoms with Crippen molar-refractivity contribution in [3.8, 4) is 0 Å². The Balaban J connectivity index is 1.20. The van der Waals surface area contributed by atoms with Crippen LogP contribution in [0.1, 0.15) is 49.7 Å². The lowest BCUT2D eigenvalue weighted by Crippen LogP contribution is -2.44. The summed E-state index contributed by atoms with van der Waals surface area (Å²) in [6, 6.07) is 7.70. The number of nitrogens with zero attached hydrogens (tertiary/aromatic N) is 2. The largest absolute Gasteiger partial charge is 0.356 e. The number of imide groups is 1. The van der Waals surface area contributed by atoms with E-state index in [2.05, 4.69) is 10.6 Å². The molecular weight excluding hydrogens is 396 g/mol. The zero-order valence-corrected chi connectivity index (χ0v) is 18.0. The lowest BCUT2D eigenvalue weighted by atomic mass is 9.98. The van der Waals surface area contributed by atoms with Crippen LogP contribution in [0.2, 0.25) is 0 Å². The molecule has 5 amide bonds. The Kier molecular flexibility index (Phi) is 5.98. The van der Waals surface area contributed by atoms with E-state index >= 15 is 0 Å². The summed E-state index contributed by atoms with van der Waals surface area (Å²) >= 11 is 0. The molecule has 0 aromatic heterocycles. The molecule has 2 heterocycles. The number of nitrogens with one attached hydrogen (secondary N) is 2. The number of urea groups is 1. The zero-order valence-electron chi connectivity index (χ0n) is 18.0. The lowest BCUT2D eigenvalue weighted by molar-refractivity contribution is -0.131. The van der Waals surface area contributed by atoms with Gasteiger partial charge in [0.05, 0.1) is 5.92 Å². The fourth-order valence-electron chi connectivity index (χ4n) is 4.80. The van der Waals surface area contributed by atoms with E-state index in [1.807, 2.05) is 31.2 Å². The third-order valence-electron chi connectivity index (χ3n) is 6.64. The summed E-state index contributed by atoms with van der Waals surface area (Å²) in [5.74, 6) is -0.656. The predicted molar refractivity (Wildman–Crippen MR) is 114 cm³/mol. The number of hydrogen-bond acceptors (Lipinski definition) is 4. The molecule has 3 fully saturated rings. The molecule has 8 heteroatoms. The first-order valence-electron chi connectivity index (χ1n) is 11.1. The van der Waals surface area contributed by atoms with Crippen LogP contribution in [0.5, 0.6) is 0 Å². The number of rotatable bonds is 7. The highest BCUT2D eigenvalue weighted by Crippen LogP contribution is 2.35. The van der Waals surface area contributed by atoms with Gasteiger partial charge in [0.2, 0.25) is 11.8 Å². The summed E-state index contributed by atoms with van der Waals surface area (Å²) in [7, 11) is 0. The molecule has 0 bridgehead atoms. The maximum absolute atomic E-state index is 12.6. The number of amides is 5. The van der Waals surface area contributed by atoms with Crippen LogP contribution in [-0.4, -0.2) is 58.7 Å². The van der Waals surface area contributed by atoms with Gasteiger partial charge in [0.15, 0.2) is 0 Å². The molecule has 1 spiro atoms. The van der Waals surface area contributed by atoms with Gasteiger partial charge in [-0.1, -0.05) is 42.7 Å². The van der Waals surface area contributed by atoms with E-state index in [0.29, 0.717) is 38.9 Å². The number of aryl methyl sites for hydroxylation is 1. The van der Waals surface area contributed by atoms with E-state index in [1.54, 1.807) is 4.90 Å². The standard InChI is InChI=1S/C23H30N4O4/c1-16-5-7-17(8-6-16)14-26-15-18(13-19(26)28)20(29)24-11-4-12-27-21(30)23(25-22(27)31)9-2-3-10-23/h5-8,18H,2-4,9-15H2,1H3,(H,24,29)(H,25,31)/t18-/m1/s1. The van der Waals surface area contributed by atoms with Crippen LogP contribution in [0.25, 0.3) is 0 Å². The molecule has 2 N–H and O–H groups in total. The minimum atomic E-state index is -0.689. The minimum Gasteiger partial charge on any atom is -0.356 e. The average molecular weight is 427 g/mol. The number of carbonyl (C=O) groups excluding carboxylic acids is 4. The van der Waals surface area contributed by atoms with Crippen LogP contribution in [-0.2, 0) is 20.9 Å². The molecule has 3 aliphatic rings. The van der Waals surface area contributed by atoms with Gasteiger partial charge in [0, 0.05) is 32.6 Å². The van der Waals surface area contributed by atoms with Gasteiger partial charge in [0.1, 0.15) is 5.54 Å². The summed E-state index contributed by atoms with van der Waals surface area (Å²) in [6.45, 7) is 3.59. The molecular formula is C23H30N4O4. The van der Waals surface area contributed by atoms with Crippen molar-refractivity contribution >= 4 is 23.8 Å². The van der Waals surface area contributed by atoms with Crippen LogP contribution < -0.4 is 10.6 Å². The number of benzene rings is 1.